The van der Waals surface area contributed by atoms with Crippen molar-refractivity contribution in [3.8, 4) is 0 Å². The van der Waals surface area contributed by atoms with Crippen LogP contribution in [-0.4, -0.2) is 31.2 Å². The van der Waals surface area contributed by atoms with E-state index < -0.39 is 0 Å². The van der Waals surface area contributed by atoms with E-state index in [2.05, 4.69) is 10.0 Å². The van der Waals surface area contributed by atoms with Crippen LogP contribution in [0.15, 0.2) is 5.29 Å². The second-order valence-electron chi connectivity index (χ2n) is 2.17. The molecule has 10 heavy (non-hydrogen) atoms. The Labute approximate surface area is 57.9 Å². The fraction of sp³-hybridized carbons (Fsp3) is 0.800. The first kappa shape index (κ1) is 6.98. The van der Waals surface area contributed by atoms with Gasteiger partial charge in [-0.2, -0.15) is 0 Å². The zero-order valence-electron chi connectivity index (χ0n) is 5.61. The first-order valence-electron chi connectivity index (χ1n) is 2.94. The summed E-state index contributed by atoms with van der Waals surface area (Å²) in [6.45, 7) is 0.798. The van der Waals surface area contributed by atoms with E-state index in [1.54, 1.807) is 0 Å². The predicted molar refractivity (Wildman–Crippen MR) is 32.9 cm³/mol. The summed E-state index contributed by atoms with van der Waals surface area (Å²) in [4.78, 5) is 20.4. The number of esters is 1. The molecule has 1 saturated heterocycles. The summed E-state index contributed by atoms with van der Waals surface area (Å²) < 4.78 is 4.44. The molecule has 0 radical (unpaired) electrons. The number of carbonyl (C=O) groups excluding carboxylic acids is 1. The van der Waals surface area contributed by atoms with Crippen LogP contribution >= 0.6 is 0 Å². The van der Waals surface area contributed by atoms with Crippen LogP contribution in [0.2, 0.25) is 0 Å². The van der Waals surface area contributed by atoms with E-state index in [0.29, 0.717) is 13.1 Å². The van der Waals surface area contributed by atoms with Gasteiger partial charge in [0, 0.05) is 0 Å². The highest BCUT2D eigenvalue weighted by atomic mass is 16.5. The van der Waals surface area contributed by atoms with Crippen molar-refractivity contribution < 1.29 is 9.53 Å². The largest absolute Gasteiger partial charge is 0.469 e. The molecular formula is C5H8N2O3. The third kappa shape index (κ3) is 1.07. The van der Waals surface area contributed by atoms with Gasteiger partial charge in [-0.15, -0.1) is 4.91 Å². The number of rotatable bonds is 2. The molecule has 0 N–H and O–H groups in total. The third-order valence-electron chi connectivity index (χ3n) is 1.51. The van der Waals surface area contributed by atoms with Crippen LogP contribution < -0.4 is 0 Å². The summed E-state index contributed by atoms with van der Waals surface area (Å²) in [5.74, 6) is -0.414. The lowest BCUT2D eigenvalue weighted by Gasteiger charge is -2.31. The van der Waals surface area contributed by atoms with Crippen molar-refractivity contribution in [3.05, 3.63) is 4.91 Å². The van der Waals surface area contributed by atoms with E-state index in [4.69, 9.17) is 0 Å². The van der Waals surface area contributed by atoms with Gasteiger partial charge in [-0.1, -0.05) is 0 Å². The highest BCUT2D eigenvalue weighted by Gasteiger charge is 2.33. The van der Waals surface area contributed by atoms with Crippen molar-refractivity contribution in [1.82, 2.24) is 5.01 Å². The SMILES string of the molecule is COC(=O)C1CN(N=O)C1. The van der Waals surface area contributed by atoms with E-state index in [-0.39, 0.29) is 11.9 Å². The van der Waals surface area contributed by atoms with Gasteiger partial charge in [0.1, 0.15) is 0 Å². The number of nitrogens with zero attached hydrogens (tertiary/aromatic N) is 2. The molecular weight excluding hydrogens is 136 g/mol. The molecule has 0 amide bonds. The smallest absolute Gasteiger partial charge is 0.312 e. The molecule has 0 bridgehead atoms. The zero-order chi connectivity index (χ0) is 7.56. The molecule has 0 aromatic rings. The van der Waals surface area contributed by atoms with Gasteiger partial charge in [-0.3, -0.25) is 9.80 Å². The Bertz CT molecular complexity index is 153. The maximum absolute atomic E-state index is 10.7. The molecule has 1 heterocycles. The van der Waals surface area contributed by atoms with Gasteiger partial charge in [0.15, 0.2) is 0 Å². The average Bonchev–Trinajstić information content (AvgIpc) is 1.85. The third-order valence-corrected chi connectivity index (χ3v) is 1.51. The van der Waals surface area contributed by atoms with Gasteiger partial charge in [0.25, 0.3) is 0 Å². The van der Waals surface area contributed by atoms with Crippen molar-refractivity contribution >= 4 is 5.97 Å². The number of ether oxygens (including phenoxy) is 1. The number of hydrogen-bond acceptors (Lipinski definition) is 4. The van der Waals surface area contributed by atoms with Crippen molar-refractivity contribution in [2.45, 2.75) is 0 Å². The minimum atomic E-state index is -0.264. The zero-order valence-corrected chi connectivity index (χ0v) is 5.61. The van der Waals surface area contributed by atoms with Gasteiger partial charge in [-0.05, 0) is 0 Å². The van der Waals surface area contributed by atoms with E-state index in [9.17, 15) is 9.70 Å². The Kier molecular flexibility index (Phi) is 1.84. The summed E-state index contributed by atoms with van der Waals surface area (Å²) >= 11 is 0. The predicted octanol–water partition coefficient (Wildman–Crippen LogP) is -0.227. The molecule has 56 valence electrons. The molecule has 5 nitrogen and oxygen atoms in total. The summed E-state index contributed by atoms with van der Waals surface area (Å²) in [6, 6.07) is 0. The summed E-state index contributed by atoms with van der Waals surface area (Å²) in [6.07, 6.45) is 0. The van der Waals surface area contributed by atoms with Gasteiger partial charge < -0.3 is 4.74 Å². The minimum Gasteiger partial charge on any atom is -0.469 e. The Morgan fingerprint density at radius 3 is 2.70 bits per heavy atom. The van der Waals surface area contributed by atoms with Gasteiger partial charge in [0.05, 0.1) is 31.4 Å². The average molecular weight is 144 g/mol. The van der Waals surface area contributed by atoms with E-state index in [0.717, 1.165) is 0 Å². The Morgan fingerprint density at radius 1 is 1.70 bits per heavy atom. The minimum absolute atomic E-state index is 0.150. The lowest BCUT2D eigenvalue weighted by Crippen LogP contribution is -2.47. The quantitative estimate of drug-likeness (QED) is 0.397. The number of hydrogen-bond donors (Lipinski definition) is 0. The standard InChI is InChI=1S/C5H8N2O3/c1-10-5(8)4-2-7(3-4)6-9/h4H,2-3H2,1H3. The van der Waals surface area contributed by atoms with Crippen LogP contribution in [0.1, 0.15) is 0 Å². The van der Waals surface area contributed by atoms with Crippen LogP contribution in [0.4, 0.5) is 0 Å². The lowest BCUT2D eigenvalue weighted by atomic mass is 10.0. The van der Waals surface area contributed by atoms with Crippen LogP contribution in [0.3, 0.4) is 0 Å². The molecule has 0 saturated carbocycles. The number of carbonyl (C=O) groups is 1. The first-order valence-corrected chi connectivity index (χ1v) is 2.94. The van der Waals surface area contributed by atoms with Crippen LogP contribution in [-0.2, 0) is 9.53 Å². The van der Waals surface area contributed by atoms with E-state index in [1.165, 1.54) is 12.1 Å². The molecule has 0 aromatic heterocycles. The first-order chi connectivity index (χ1) is 4.77. The lowest BCUT2D eigenvalue weighted by molar-refractivity contribution is -0.151. The maximum atomic E-state index is 10.7. The van der Waals surface area contributed by atoms with Crippen molar-refractivity contribution in [2.75, 3.05) is 20.2 Å². The molecule has 1 aliphatic heterocycles. The monoisotopic (exact) mass is 144 g/mol. The van der Waals surface area contributed by atoms with Gasteiger partial charge in [0.2, 0.25) is 0 Å². The van der Waals surface area contributed by atoms with Gasteiger partial charge >= 0.3 is 5.97 Å². The highest BCUT2D eigenvalue weighted by molar-refractivity contribution is 5.73. The molecule has 1 fully saturated rings. The number of methoxy groups -OCH3 is 1. The normalized spacial score (nSPS) is 17.9. The second kappa shape index (κ2) is 2.64. The molecule has 0 aromatic carbocycles. The molecule has 0 atom stereocenters. The molecule has 1 aliphatic rings. The fourth-order valence-corrected chi connectivity index (χ4v) is 0.838. The summed E-state index contributed by atoms with van der Waals surface area (Å²) in [5, 5.41) is 3.92. The summed E-state index contributed by atoms with van der Waals surface area (Å²) in [7, 11) is 1.33. The topological polar surface area (TPSA) is 59.0 Å². The Morgan fingerprint density at radius 2 is 2.30 bits per heavy atom. The Balaban J connectivity index is 2.25. The molecule has 1 rings (SSSR count). The van der Waals surface area contributed by atoms with E-state index in [1.807, 2.05) is 0 Å². The fourth-order valence-electron chi connectivity index (χ4n) is 0.838. The van der Waals surface area contributed by atoms with Crippen LogP contribution in [0.25, 0.3) is 0 Å². The van der Waals surface area contributed by atoms with Crippen LogP contribution in [0.5, 0.6) is 0 Å². The van der Waals surface area contributed by atoms with Gasteiger partial charge in [-0.25, -0.2) is 0 Å². The van der Waals surface area contributed by atoms with Crippen molar-refractivity contribution in [3.63, 3.8) is 0 Å². The Hall–Kier alpha value is -1.13. The van der Waals surface area contributed by atoms with Crippen molar-refractivity contribution in [2.24, 2.45) is 11.2 Å². The van der Waals surface area contributed by atoms with Crippen molar-refractivity contribution in [1.29, 1.82) is 0 Å². The number of nitroso groups, excluding NO2 is 1. The van der Waals surface area contributed by atoms with Crippen LogP contribution in [0, 0.1) is 10.8 Å². The highest BCUT2D eigenvalue weighted by Crippen LogP contribution is 2.15. The summed E-state index contributed by atoms with van der Waals surface area (Å²) in [5.41, 5.74) is 0. The molecule has 5 heteroatoms. The molecule has 0 aliphatic carbocycles. The maximum Gasteiger partial charge on any atom is 0.312 e. The molecule has 0 unspecified atom stereocenters. The second-order valence-corrected chi connectivity index (χ2v) is 2.17. The molecule has 0 spiro atoms. The van der Waals surface area contributed by atoms with E-state index >= 15 is 0 Å².